The first-order valence-corrected chi connectivity index (χ1v) is 15.1. The van der Waals surface area contributed by atoms with Gasteiger partial charge in [-0.3, -0.25) is 38.4 Å². The van der Waals surface area contributed by atoms with Gasteiger partial charge >= 0.3 is 47.8 Å². The summed E-state index contributed by atoms with van der Waals surface area (Å²) in [4.78, 5) is 96.4. The fourth-order valence-electron chi connectivity index (χ4n) is 4.73. The number of rotatable bonds is 12. The second-order valence-corrected chi connectivity index (χ2v) is 11.5. The standard InChI is InChI=1S/C28H38O18S/c1-11(29)37-9-19-21(39-13(3)31)23(41-15(5)33)25(43-17(7)35)27(45-19)47-28-26(44-18(8)36)24(42-16(6)34)22(40-14(4)32)20(46-28)10-38-12(2)30/h19-28H,9-10H2,1-8H3/t19-,20-,21-,22+,23+,24+,25-,26-,27+,28+/m1/s1. The molecule has 2 aliphatic rings. The molecule has 2 saturated heterocycles. The summed E-state index contributed by atoms with van der Waals surface area (Å²) in [6, 6.07) is 0. The minimum Gasteiger partial charge on any atom is -0.463 e. The van der Waals surface area contributed by atoms with Crippen LogP contribution in [0.2, 0.25) is 0 Å². The van der Waals surface area contributed by atoms with Crippen molar-refractivity contribution in [3.8, 4) is 0 Å². The van der Waals surface area contributed by atoms with Crippen LogP contribution in [0.3, 0.4) is 0 Å². The summed E-state index contributed by atoms with van der Waals surface area (Å²) in [5.41, 5.74) is -2.84. The lowest BCUT2D eigenvalue weighted by atomic mass is 9.99. The first-order chi connectivity index (χ1) is 21.9. The van der Waals surface area contributed by atoms with Crippen molar-refractivity contribution in [2.24, 2.45) is 0 Å². The van der Waals surface area contributed by atoms with Gasteiger partial charge in [0.05, 0.1) is 0 Å². The summed E-state index contributed by atoms with van der Waals surface area (Å²) in [5.74, 6) is -6.62. The predicted molar refractivity (Wildman–Crippen MR) is 152 cm³/mol. The predicted octanol–water partition coefficient (Wildman–Crippen LogP) is -0.114. The van der Waals surface area contributed by atoms with Crippen LogP contribution < -0.4 is 0 Å². The van der Waals surface area contributed by atoms with E-state index in [1.54, 1.807) is 0 Å². The lowest BCUT2D eigenvalue weighted by Gasteiger charge is -2.47. The summed E-state index contributed by atoms with van der Waals surface area (Å²) < 4.78 is 55.0. The maximum absolute atomic E-state index is 12.3. The number of thioether (sulfide) groups is 1. The Morgan fingerprint density at radius 2 is 0.660 bits per heavy atom. The van der Waals surface area contributed by atoms with Crippen LogP contribution in [0, 0.1) is 0 Å². The van der Waals surface area contributed by atoms with Crippen LogP contribution in [-0.4, -0.2) is 121 Å². The zero-order valence-electron chi connectivity index (χ0n) is 26.9. The van der Waals surface area contributed by atoms with Crippen LogP contribution >= 0.6 is 11.8 Å². The molecule has 0 unspecified atom stereocenters. The molecule has 0 aromatic heterocycles. The summed E-state index contributed by atoms with van der Waals surface area (Å²) in [5, 5.41) is 0. The minimum atomic E-state index is -1.54. The summed E-state index contributed by atoms with van der Waals surface area (Å²) in [6.45, 7) is 7.50. The second-order valence-electron chi connectivity index (χ2n) is 10.3. The van der Waals surface area contributed by atoms with E-state index in [1.807, 2.05) is 0 Å². The first-order valence-electron chi connectivity index (χ1n) is 14.2. The van der Waals surface area contributed by atoms with Gasteiger partial charge in [-0.15, -0.1) is 0 Å². The molecule has 0 aliphatic carbocycles. The highest BCUT2D eigenvalue weighted by Crippen LogP contribution is 2.41. The fourth-order valence-corrected chi connectivity index (χ4v) is 6.14. The number of hydrogen-bond acceptors (Lipinski definition) is 19. The maximum Gasteiger partial charge on any atom is 0.303 e. The highest BCUT2D eigenvalue weighted by atomic mass is 32.2. The minimum absolute atomic E-state index is 0.520. The van der Waals surface area contributed by atoms with Crippen molar-refractivity contribution < 1.29 is 85.7 Å². The van der Waals surface area contributed by atoms with Gasteiger partial charge in [-0.25, -0.2) is 0 Å². The van der Waals surface area contributed by atoms with E-state index in [0.29, 0.717) is 11.8 Å². The van der Waals surface area contributed by atoms with Crippen LogP contribution in [0.5, 0.6) is 0 Å². The zero-order chi connectivity index (χ0) is 35.6. The molecule has 0 saturated carbocycles. The fraction of sp³-hybridized carbons (Fsp3) is 0.714. The number of hydrogen-bond donors (Lipinski definition) is 0. The molecule has 2 fully saturated rings. The number of carbonyl (C=O) groups is 8. The average Bonchev–Trinajstić information content (AvgIpc) is 2.91. The topological polar surface area (TPSA) is 229 Å². The number of esters is 8. The normalized spacial score (nSPS) is 30.0. The SMILES string of the molecule is CC(=O)OC[C@H]1O[C@@H](S[C@@H]2O[C@H](COC(C)=O)[C@@H](OC(C)=O)[C@H](OC(C)=O)[C@H]2OC(C)=O)[C@H](OC(C)=O)[C@@H](OC(C)=O)[C@H]1OC(C)=O. The maximum atomic E-state index is 12.3. The van der Waals surface area contributed by atoms with Gasteiger partial charge in [-0.1, -0.05) is 11.8 Å². The van der Waals surface area contributed by atoms with Gasteiger partial charge in [0.1, 0.15) is 36.3 Å². The highest BCUT2D eigenvalue weighted by Gasteiger charge is 2.57. The van der Waals surface area contributed by atoms with Crippen LogP contribution in [-0.2, 0) is 85.7 Å². The van der Waals surface area contributed by atoms with E-state index in [1.165, 1.54) is 0 Å². The van der Waals surface area contributed by atoms with Crippen LogP contribution in [0.25, 0.3) is 0 Å². The van der Waals surface area contributed by atoms with Crippen molar-refractivity contribution >= 4 is 59.5 Å². The molecule has 18 nitrogen and oxygen atoms in total. The quantitative estimate of drug-likeness (QED) is 0.192. The number of ether oxygens (including phenoxy) is 10. The monoisotopic (exact) mass is 694 g/mol. The third-order valence-electron chi connectivity index (χ3n) is 6.16. The van der Waals surface area contributed by atoms with Gasteiger partial charge in [0.15, 0.2) is 36.6 Å². The molecule has 2 heterocycles. The molecule has 0 amide bonds. The lowest BCUT2D eigenvalue weighted by Crippen LogP contribution is -2.64. The molecule has 0 spiro atoms. The van der Waals surface area contributed by atoms with Gasteiger partial charge in [0.2, 0.25) is 0 Å². The largest absolute Gasteiger partial charge is 0.463 e. The highest BCUT2D eigenvalue weighted by molar-refractivity contribution is 8.00. The van der Waals surface area contributed by atoms with Crippen molar-refractivity contribution in [1.82, 2.24) is 0 Å². The van der Waals surface area contributed by atoms with Crippen LogP contribution in [0.1, 0.15) is 55.4 Å². The molecular formula is C28H38O18S. The lowest BCUT2D eigenvalue weighted by molar-refractivity contribution is -0.243. The third kappa shape index (κ3) is 12.3. The van der Waals surface area contributed by atoms with Crippen molar-refractivity contribution in [3.63, 3.8) is 0 Å². The molecule has 2 rings (SSSR count). The summed E-state index contributed by atoms with van der Waals surface area (Å²) in [7, 11) is 0. The smallest absolute Gasteiger partial charge is 0.303 e. The summed E-state index contributed by atoms with van der Waals surface area (Å²) in [6.07, 6.45) is -11.7. The molecule has 0 radical (unpaired) electrons. The van der Waals surface area contributed by atoms with Crippen LogP contribution in [0.4, 0.5) is 0 Å². The third-order valence-corrected chi connectivity index (χ3v) is 7.46. The number of carbonyl (C=O) groups excluding carboxylic acids is 8. The van der Waals surface area contributed by atoms with E-state index >= 15 is 0 Å². The van der Waals surface area contributed by atoms with Gasteiger partial charge in [0.25, 0.3) is 0 Å². The molecule has 10 atom stereocenters. The Bertz CT molecular complexity index is 1110. The van der Waals surface area contributed by atoms with Crippen molar-refractivity contribution in [3.05, 3.63) is 0 Å². The van der Waals surface area contributed by atoms with Gasteiger partial charge in [0, 0.05) is 55.4 Å². The van der Waals surface area contributed by atoms with Crippen molar-refractivity contribution in [2.75, 3.05) is 13.2 Å². The molecule has 264 valence electrons. The Morgan fingerprint density at radius 1 is 0.404 bits per heavy atom. The van der Waals surface area contributed by atoms with E-state index in [2.05, 4.69) is 0 Å². The average molecular weight is 695 g/mol. The Balaban J connectivity index is 2.69. The van der Waals surface area contributed by atoms with Crippen molar-refractivity contribution in [2.45, 2.75) is 115 Å². The first kappa shape index (κ1) is 39.2. The van der Waals surface area contributed by atoms with Crippen LogP contribution in [0.15, 0.2) is 0 Å². The van der Waals surface area contributed by atoms with Crippen molar-refractivity contribution in [1.29, 1.82) is 0 Å². The Labute approximate surface area is 273 Å². The molecule has 47 heavy (non-hydrogen) atoms. The molecule has 2 aliphatic heterocycles. The second kappa shape index (κ2) is 17.8. The van der Waals surface area contributed by atoms with Gasteiger partial charge in [-0.2, -0.15) is 0 Å². The Kier molecular flexibility index (Phi) is 14.9. The van der Waals surface area contributed by atoms with E-state index < -0.39 is 121 Å². The molecule has 0 aromatic carbocycles. The van der Waals surface area contributed by atoms with E-state index in [-0.39, 0.29) is 0 Å². The van der Waals surface area contributed by atoms with E-state index in [9.17, 15) is 38.4 Å². The summed E-state index contributed by atoms with van der Waals surface area (Å²) >= 11 is 0.678. The van der Waals surface area contributed by atoms with E-state index in [4.69, 9.17) is 47.4 Å². The zero-order valence-corrected chi connectivity index (χ0v) is 27.8. The molecule has 0 aromatic rings. The van der Waals surface area contributed by atoms with E-state index in [0.717, 1.165) is 55.4 Å². The Morgan fingerprint density at radius 3 is 0.915 bits per heavy atom. The Hall–Kier alpha value is -3.97. The molecule has 0 N–H and O–H groups in total. The molecule has 0 bridgehead atoms. The van der Waals surface area contributed by atoms with Gasteiger partial charge < -0.3 is 47.4 Å². The van der Waals surface area contributed by atoms with Gasteiger partial charge in [-0.05, 0) is 0 Å². The molecular weight excluding hydrogens is 656 g/mol. The molecule has 19 heteroatoms.